The molecule has 0 radical (unpaired) electrons. The van der Waals surface area contributed by atoms with Crippen LogP contribution in [0, 0.1) is 11.6 Å². The third-order valence-corrected chi connectivity index (χ3v) is 3.59. The molecule has 0 bridgehead atoms. The third kappa shape index (κ3) is 2.83. The van der Waals surface area contributed by atoms with E-state index in [1.165, 1.54) is 6.07 Å². The molecule has 0 amide bonds. The molecule has 1 nitrogen and oxygen atoms in total. The molecule has 1 aromatic carbocycles. The number of nitrogens with zero attached hydrogens (tertiary/aromatic N) is 1. The maximum atomic E-state index is 13.7. The quantitative estimate of drug-likeness (QED) is 0.763. The minimum atomic E-state index is -0.497. The fraction of sp³-hybridized carbons (Fsp3) is 0.571. The van der Waals surface area contributed by atoms with E-state index in [0.717, 1.165) is 32.0 Å². The Balaban J connectivity index is 2.16. The van der Waals surface area contributed by atoms with Gasteiger partial charge in [0, 0.05) is 18.7 Å². The van der Waals surface area contributed by atoms with Crippen LogP contribution in [0.15, 0.2) is 18.2 Å². The Morgan fingerprint density at radius 2 is 2.06 bits per heavy atom. The minimum Gasteiger partial charge on any atom is -0.300 e. The van der Waals surface area contributed by atoms with E-state index < -0.39 is 11.6 Å². The Morgan fingerprint density at radius 3 is 2.71 bits per heavy atom. The predicted molar refractivity (Wildman–Crippen MR) is 65.0 cm³/mol. The Labute approximate surface area is 101 Å². The summed E-state index contributed by atoms with van der Waals surface area (Å²) in [4.78, 5) is 2.36. The van der Waals surface area contributed by atoms with E-state index in [1.807, 2.05) is 0 Å². The second-order valence-corrected chi connectivity index (χ2v) is 5.09. The molecule has 1 unspecified atom stereocenters. The number of likely N-dealkylation sites (tertiary alicyclic amines) is 1. The zero-order chi connectivity index (χ0) is 12.4. The van der Waals surface area contributed by atoms with E-state index in [2.05, 4.69) is 18.7 Å². The van der Waals surface area contributed by atoms with Gasteiger partial charge in [-0.2, -0.15) is 0 Å². The molecule has 1 fully saturated rings. The summed E-state index contributed by atoms with van der Waals surface area (Å²) in [6.45, 7) is 6.27. The SMILES string of the molecule is CC(C)N1CCCC(c2ccc(F)cc2F)C1. The molecule has 94 valence electrons. The molecule has 3 heteroatoms. The monoisotopic (exact) mass is 239 g/mol. The summed E-state index contributed by atoms with van der Waals surface area (Å²) in [5, 5.41) is 0. The van der Waals surface area contributed by atoms with Crippen LogP contribution in [-0.4, -0.2) is 24.0 Å². The van der Waals surface area contributed by atoms with E-state index in [1.54, 1.807) is 6.07 Å². The lowest BCUT2D eigenvalue weighted by Crippen LogP contribution is -2.39. The zero-order valence-corrected chi connectivity index (χ0v) is 10.4. The third-order valence-electron chi connectivity index (χ3n) is 3.59. The summed E-state index contributed by atoms with van der Waals surface area (Å²) in [7, 11) is 0. The second-order valence-electron chi connectivity index (χ2n) is 5.09. The molecule has 2 rings (SSSR count). The van der Waals surface area contributed by atoms with Crippen LogP contribution in [0.25, 0.3) is 0 Å². The van der Waals surface area contributed by atoms with Gasteiger partial charge in [-0.1, -0.05) is 6.07 Å². The Morgan fingerprint density at radius 1 is 1.29 bits per heavy atom. The van der Waals surface area contributed by atoms with Crippen molar-refractivity contribution in [1.82, 2.24) is 4.90 Å². The van der Waals surface area contributed by atoms with Gasteiger partial charge >= 0.3 is 0 Å². The Bertz CT molecular complexity index is 390. The molecular formula is C14H19F2N. The van der Waals surface area contributed by atoms with Crippen molar-refractivity contribution < 1.29 is 8.78 Å². The summed E-state index contributed by atoms with van der Waals surface area (Å²) in [5.74, 6) is -0.699. The number of hydrogen-bond acceptors (Lipinski definition) is 1. The van der Waals surface area contributed by atoms with Gasteiger partial charge in [0.1, 0.15) is 11.6 Å². The van der Waals surface area contributed by atoms with Crippen molar-refractivity contribution in [3.63, 3.8) is 0 Å². The highest BCUT2D eigenvalue weighted by Crippen LogP contribution is 2.29. The summed E-state index contributed by atoms with van der Waals surface area (Å²) in [6, 6.07) is 4.43. The van der Waals surface area contributed by atoms with Gasteiger partial charge in [-0.3, -0.25) is 0 Å². The summed E-state index contributed by atoms with van der Waals surface area (Å²) >= 11 is 0. The predicted octanol–water partition coefficient (Wildman–Crippen LogP) is 3.55. The molecule has 1 aliphatic heterocycles. The Kier molecular flexibility index (Phi) is 3.77. The van der Waals surface area contributed by atoms with E-state index in [4.69, 9.17) is 0 Å². The average molecular weight is 239 g/mol. The fourth-order valence-corrected chi connectivity index (χ4v) is 2.56. The molecule has 0 spiro atoms. The Hall–Kier alpha value is -0.960. The minimum absolute atomic E-state index is 0.201. The van der Waals surface area contributed by atoms with E-state index >= 15 is 0 Å². The normalized spacial score (nSPS) is 22.1. The maximum Gasteiger partial charge on any atom is 0.129 e. The molecule has 1 aliphatic rings. The first-order chi connectivity index (χ1) is 8.08. The molecular weight excluding hydrogens is 220 g/mol. The van der Waals surface area contributed by atoms with Crippen LogP contribution in [0.3, 0.4) is 0 Å². The van der Waals surface area contributed by atoms with Gasteiger partial charge in [-0.05, 0) is 50.8 Å². The first-order valence-electron chi connectivity index (χ1n) is 6.27. The molecule has 1 aromatic rings. The van der Waals surface area contributed by atoms with Crippen molar-refractivity contribution in [3.8, 4) is 0 Å². The highest BCUT2D eigenvalue weighted by atomic mass is 19.1. The standard InChI is InChI=1S/C14H19F2N/c1-10(2)17-7-3-4-11(9-17)13-6-5-12(15)8-14(13)16/h5-6,8,10-11H,3-4,7,9H2,1-2H3. The van der Waals surface area contributed by atoms with Gasteiger partial charge in [0.05, 0.1) is 0 Å². The van der Waals surface area contributed by atoms with Crippen LogP contribution in [-0.2, 0) is 0 Å². The van der Waals surface area contributed by atoms with E-state index in [9.17, 15) is 8.78 Å². The van der Waals surface area contributed by atoms with E-state index in [-0.39, 0.29) is 5.92 Å². The second kappa shape index (κ2) is 5.13. The van der Waals surface area contributed by atoms with Gasteiger partial charge < -0.3 is 4.90 Å². The van der Waals surface area contributed by atoms with Gasteiger partial charge in [0.25, 0.3) is 0 Å². The van der Waals surface area contributed by atoms with Crippen molar-refractivity contribution in [3.05, 3.63) is 35.4 Å². The largest absolute Gasteiger partial charge is 0.300 e. The lowest BCUT2D eigenvalue weighted by molar-refractivity contribution is 0.166. The molecule has 0 aliphatic carbocycles. The van der Waals surface area contributed by atoms with Gasteiger partial charge in [-0.25, -0.2) is 8.78 Å². The molecule has 17 heavy (non-hydrogen) atoms. The smallest absolute Gasteiger partial charge is 0.129 e. The number of piperidine rings is 1. The highest BCUT2D eigenvalue weighted by Gasteiger charge is 2.24. The van der Waals surface area contributed by atoms with Crippen LogP contribution < -0.4 is 0 Å². The average Bonchev–Trinajstić information content (AvgIpc) is 2.29. The summed E-state index contributed by atoms with van der Waals surface area (Å²) in [6.07, 6.45) is 2.07. The molecule has 0 N–H and O–H groups in total. The summed E-state index contributed by atoms with van der Waals surface area (Å²) in [5.41, 5.74) is 0.664. The van der Waals surface area contributed by atoms with Crippen molar-refractivity contribution in [2.24, 2.45) is 0 Å². The van der Waals surface area contributed by atoms with Crippen LogP contribution in [0.1, 0.15) is 38.2 Å². The van der Waals surface area contributed by atoms with Crippen LogP contribution >= 0.6 is 0 Å². The van der Waals surface area contributed by atoms with Crippen molar-refractivity contribution >= 4 is 0 Å². The molecule has 0 aromatic heterocycles. The van der Waals surface area contributed by atoms with Crippen LogP contribution in [0.5, 0.6) is 0 Å². The van der Waals surface area contributed by atoms with Crippen LogP contribution in [0.2, 0.25) is 0 Å². The number of hydrogen-bond donors (Lipinski definition) is 0. The molecule has 1 saturated heterocycles. The first kappa shape index (κ1) is 12.5. The molecule has 1 atom stereocenters. The van der Waals surface area contributed by atoms with Crippen molar-refractivity contribution in [2.75, 3.05) is 13.1 Å². The lowest BCUT2D eigenvalue weighted by atomic mass is 9.89. The lowest BCUT2D eigenvalue weighted by Gasteiger charge is -2.35. The highest BCUT2D eigenvalue weighted by molar-refractivity contribution is 5.23. The maximum absolute atomic E-state index is 13.7. The van der Waals surface area contributed by atoms with Crippen molar-refractivity contribution in [2.45, 2.75) is 38.6 Å². The number of benzene rings is 1. The summed E-state index contributed by atoms with van der Waals surface area (Å²) < 4.78 is 26.6. The number of halogens is 2. The van der Waals surface area contributed by atoms with Gasteiger partial charge in [-0.15, -0.1) is 0 Å². The fourth-order valence-electron chi connectivity index (χ4n) is 2.56. The molecule has 0 saturated carbocycles. The van der Waals surface area contributed by atoms with E-state index in [0.29, 0.717) is 11.6 Å². The van der Waals surface area contributed by atoms with Crippen LogP contribution in [0.4, 0.5) is 8.78 Å². The molecule has 1 heterocycles. The van der Waals surface area contributed by atoms with Gasteiger partial charge in [0.2, 0.25) is 0 Å². The zero-order valence-electron chi connectivity index (χ0n) is 10.4. The first-order valence-corrected chi connectivity index (χ1v) is 6.27. The van der Waals surface area contributed by atoms with Gasteiger partial charge in [0.15, 0.2) is 0 Å². The number of rotatable bonds is 2. The van der Waals surface area contributed by atoms with Crippen molar-refractivity contribution in [1.29, 1.82) is 0 Å². The topological polar surface area (TPSA) is 3.24 Å².